The van der Waals surface area contributed by atoms with Crippen molar-refractivity contribution in [3.63, 3.8) is 0 Å². The van der Waals surface area contributed by atoms with E-state index in [4.69, 9.17) is 0 Å². The van der Waals surface area contributed by atoms with Crippen molar-refractivity contribution in [1.82, 2.24) is 5.32 Å². The van der Waals surface area contributed by atoms with Gasteiger partial charge >= 0.3 is 0 Å². The molecule has 6 heteroatoms. The third-order valence-electron chi connectivity index (χ3n) is 4.09. The van der Waals surface area contributed by atoms with Crippen molar-refractivity contribution in [3.8, 4) is 0 Å². The number of benzene rings is 2. The predicted molar refractivity (Wildman–Crippen MR) is 105 cm³/mol. The second-order valence-electron chi connectivity index (χ2n) is 6.15. The summed E-state index contributed by atoms with van der Waals surface area (Å²) in [5.41, 5.74) is 1.77. The lowest BCUT2D eigenvalue weighted by Crippen LogP contribution is -2.45. The summed E-state index contributed by atoms with van der Waals surface area (Å²) in [7, 11) is 0. The Balaban J connectivity index is 1.77. The minimum Gasteiger partial charge on any atom is -0.339 e. The Morgan fingerprint density at radius 2 is 1.85 bits per heavy atom. The monoisotopic (exact) mass is 382 g/mol. The largest absolute Gasteiger partial charge is 0.339 e. The molecule has 3 rings (SSSR count). The average Bonchev–Trinajstić information content (AvgIpc) is 3.20. The van der Waals surface area contributed by atoms with E-state index in [1.807, 2.05) is 30.3 Å². The van der Waals surface area contributed by atoms with Crippen molar-refractivity contribution >= 4 is 28.8 Å². The molecule has 1 atom stereocenters. The van der Waals surface area contributed by atoms with E-state index < -0.39 is 17.8 Å². The fourth-order valence-corrected chi connectivity index (χ4v) is 3.22. The van der Waals surface area contributed by atoms with Gasteiger partial charge in [0, 0.05) is 12.1 Å². The Bertz CT molecular complexity index is 927. The highest BCUT2D eigenvalue weighted by Gasteiger charge is 2.22. The van der Waals surface area contributed by atoms with E-state index in [9.17, 15) is 14.0 Å². The fraction of sp³-hybridized carbons (Fsp3) is 0.143. The van der Waals surface area contributed by atoms with Crippen LogP contribution in [0.4, 0.5) is 10.1 Å². The Hall–Kier alpha value is -2.99. The fourth-order valence-electron chi connectivity index (χ4n) is 2.60. The van der Waals surface area contributed by atoms with Crippen LogP contribution in [-0.2, 0) is 11.2 Å². The first-order valence-corrected chi connectivity index (χ1v) is 9.36. The van der Waals surface area contributed by atoms with Crippen LogP contribution in [0.25, 0.3) is 0 Å². The first-order chi connectivity index (χ1) is 13.0. The molecule has 0 fully saturated rings. The van der Waals surface area contributed by atoms with Crippen molar-refractivity contribution in [3.05, 3.63) is 87.9 Å². The van der Waals surface area contributed by atoms with Gasteiger partial charge in [0.1, 0.15) is 11.9 Å². The third kappa shape index (κ3) is 5.01. The van der Waals surface area contributed by atoms with Gasteiger partial charge in [-0.2, -0.15) is 0 Å². The molecule has 138 valence electrons. The molecule has 2 N–H and O–H groups in total. The molecule has 1 heterocycles. The maximum absolute atomic E-state index is 13.8. The highest BCUT2D eigenvalue weighted by Crippen LogP contribution is 2.15. The van der Waals surface area contributed by atoms with Gasteiger partial charge in [0.15, 0.2) is 0 Å². The van der Waals surface area contributed by atoms with E-state index in [-0.39, 0.29) is 5.91 Å². The SMILES string of the molecule is Cc1ccc(NC(=O)C(Cc2ccccc2)NC(=O)c2cccs2)cc1F. The second-order valence-corrected chi connectivity index (χ2v) is 7.09. The molecule has 0 aliphatic carbocycles. The van der Waals surface area contributed by atoms with Crippen LogP contribution in [0.5, 0.6) is 0 Å². The van der Waals surface area contributed by atoms with Crippen molar-refractivity contribution < 1.29 is 14.0 Å². The number of rotatable bonds is 6. The van der Waals surface area contributed by atoms with E-state index in [0.717, 1.165) is 5.56 Å². The lowest BCUT2D eigenvalue weighted by molar-refractivity contribution is -0.118. The van der Waals surface area contributed by atoms with Crippen LogP contribution >= 0.6 is 11.3 Å². The molecule has 0 aliphatic rings. The van der Waals surface area contributed by atoms with Gasteiger partial charge in [-0.05, 0) is 41.6 Å². The minimum atomic E-state index is -0.786. The summed E-state index contributed by atoms with van der Waals surface area (Å²) >= 11 is 1.31. The Morgan fingerprint density at radius 3 is 2.52 bits per heavy atom. The molecule has 1 aromatic heterocycles. The lowest BCUT2D eigenvalue weighted by Gasteiger charge is -2.18. The van der Waals surface area contributed by atoms with E-state index in [1.165, 1.54) is 17.4 Å². The van der Waals surface area contributed by atoms with Crippen molar-refractivity contribution in [2.45, 2.75) is 19.4 Å². The van der Waals surface area contributed by atoms with Gasteiger partial charge in [0.2, 0.25) is 5.91 Å². The second kappa shape index (κ2) is 8.60. The van der Waals surface area contributed by atoms with Gasteiger partial charge in [0.05, 0.1) is 4.88 Å². The number of anilines is 1. The van der Waals surface area contributed by atoms with Gasteiger partial charge in [0.25, 0.3) is 5.91 Å². The number of carbonyl (C=O) groups is 2. The Morgan fingerprint density at radius 1 is 1.07 bits per heavy atom. The van der Waals surface area contributed by atoms with E-state index in [2.05, 4.69) is 10.6 Å². The molecule has 0 bridgehead atoms. The van der Waals surface area contributed by atoms with E-state index >= 15 is 0 Å². The van der Waals surface area contributed by atoms with Crippen molar-refractivity contribution in [2.24, 2.45) is 0 Å². The summed E-state index contributed by atoms with van der Waals surface area (Å²) in [6, 6.07) is 16.6. The van der Waals surface area contributed by atoms with Gasteiger partial charge in [-0.15, -0.1) is 11.3 Å². The number of hydrogen-bond donors (Lipinski definition) is 2. The molecule has 0 radical (unpaired) electrons. The summed E-state index contributed by atoms with van der Waals surface area (Å²) in [4.78, 5) is 25.7. The Kier molecular flexibility index (Phi) is 5.98. The number of hydrogen-bond acceptors (Lipinski definition) is 3. The number of halogens is 1. The van der Waals surface area contributed by atoms with E-state index in [1.54, 1.807) is 36.6 Å². The molecule has 2 amide bonds. The third-order valence-corrected chi connectivity index (χ3v) is 4.96. The highest BCUT2D eigenvalue weighted by atomic mass is 32.1. The molecule has 1 unspecified atom stereocenters. The summed E-state index contributed by atoms with van der Waals surface area (Å²) in [5.74, 6) is -1.10. The molecule has 0 spiro atoms. The number of aryl methyl sites for hydroxylation is 1. The zero-order valence-electron chi connectivity index (χ0n) is 14.7. The molecule has 0 aliphatic heterocycles. The van der Waals surface area contributed by atoms with Crippen molar-refractivity contribution in [1.29, 1.82) is 0 Å². The summed E-state index contributed by atoms with van der Waals surface area (Å²) in [6.45, 7) is 1.65. The number of carbonyl (C=O) groups excluding carboxylic acids is 2. The number of thiophene rings is 1. The molecule has 0 saturated carbocycles. The summed E-state index contributed by atoms with van der Waals surface area (Å²) < 4.78 is 13.8. The zero-order chi connectivity index (χ0) is 19.2. The first kappa shape index (κ1) is 18.8. The zero-order valence-corrected chi connectivity index (χ0v) is 15.6. The van der Waals surface area contributed by atoms with Gasteiger partial charge < -0.3 is 10.6 Å². The number of amides is 2. The maximum Gasteiger partial charge on any atom is 0.262 e. The summed E-state index contributed by atoms with van der Waals surface area (Å²) in [5, 5.41) is 7.27. The van der Waals surface area contributed by atoms with E-state index in [0.29, 0.717) is 22.5 Å². The van der Waals surface area contributed by atoms with Crippen LogP contribution in [0.15, 0.2) is 66.0 Å². The van der Waals surface area contributed by atoms with Crippen LogP contribution in [-0.4, -0.2) is 17.9 Å². The molecular formula is C21H19FN2O2S. The standard InChI is InChI=1S/C21H19FN2O2S/c1-14-9-10-16(13-17(14)22)23-20(25)18(12-15-6-3-2-4-7-15)24-21(26)19-8-5-11-27-19/h2-11,13,18H,12H2,1H3,(H,23,25)(H,24,26). The van der Waals surface area contributed by atoms with Gasteiger partial charge in [-0.25, -0.2) is 4.39 Å². The molecule has 4 nitrogen and oxygen atoms in total. The summed E-state index contributed by atoms with van der Waals surface area (Å²) in [6.07, 6.45) is 0.331. The molecule has 0 saturated heterocycles. The van der Waals surface area contributed by atoms with Gasteiger partial charge in [-0.1, -0.05) is 42.5 Å². The van der Waals surface area contributed by atoms with Gasteiger partial charge in [-0.3, -0.25) is 9.59 Å². The molecule has 3 aromatic rings. The molecule has 2 aromatic carbocycles. The smallest absolute Gasteiger partial charge is 0.262 e. The number of nitrogens with one attached hydrogen (secondary N) is 2. The minimum absolute atomic E-state index is 0.309. The topological polar surface area (TPSA) is 58.2 Å². The predicted octanol–water partition coefficient (Wildman–Crippen LogP) is 4.18. The van der Waals surface area contributed by atoms with Crippen molar-refractivity contribution in [2.75, 3.05) is 5.32 Å². The van der Waals surface area contributed by atoms with Crippen LogP contribution < -0.4 is 10.6 Å². The highest BCUT2D eigenvalue weighted by molar-refractivity contribution is 7.12. The quantitative estimate of drug-likeness (QED) is 0.672. The Labute approximate surface area is 161 Å². The van der Waals surface area contributed by atoms with Crippen LogP contribution in [0.2, 0.25) is 0 Å². The first-order valence-electron chi connectivity index (χ1n) is 8.48. The molecular weight excluding hydrogens is 363 g/mol. The molecule has 27 heavy (non-hydrogen) atoms. The van der Waals surface area contributed by atoms with Crippen LogP contribution in [0.1, 0.15) is 20.8 Å². The van der Waals surface area contributed by atoms with Crippen LogP contribution in [0.3, 0.4) is 0 Å². The lowest BCUT2D eigenvalue weighted by atomic mass is 10.0. The maximum atomic E-state index is 13.8. The average molecular weight is 382 g/mol. The van der Waals surface area contributed by atoms with Crippen LogP contribution in [0, 0.1) is 12.7 Å². The normalized spacial score (nSPS) is 11.6.